The number of hydrogen-bond donors (Lipinski definition) is 2. The first kappa shape index (κ1) is 14.2. The maximum atomic E-state index is 11.9. The molecule has 1 atom stereocenters. The third-order valence-corrected chi connectivity index (χ3v) is 2.96. The lowest BCUT2D eigenvalue weighted by atomic mass is 10.1. The summed E-state index contributed by atoms with van der Waals surface area (Å²) in [5, 5.41) is 6.85. The van der Waals surface area contributed by atoms with Gasteiger partial charge in [0.1, 0.15) is 0 Å². The van der Waals surface area contributed by atoms with Crippen LogP contribution in [0.2, 0.25) is 0 Å². The number of nitrogens with one attached hydrogen (secondary N) is 1. The minimum absolute atomic E-state index is 0.174. The van der Waals surface area contributed by atoms with Crippen molar-refractivity contribution in [1.82, 2.24) is 14.8 Å². The summed E-state index contributed by atoms with van der Waals surface area (Å²) in [6.45, 7) is 2.07. The van der Waals surface area contributed by atoms with Gasteiger partial charge in [-0.3, -0.25) is 4.79 Å². The van der Waals surface area contributed by atoms with E-state index in [2.05, 4.69) is 22.3 Å². The van der Waals surface area contributed by atoms with Crippen molar-refractivity contribution in [3.63, 3.8) is 0 Å². The average Bonchev–Trinajstić information content (AvgIpc) is 2.99. The van der Waals surface area contributed by atoms with Crippen LogP contribution < -0.4 is 11.1 Å². The Morgan fingerprint density at radius 3 is 2.95 bits per heavy atom. The number of pyridine rings is 1. The Hall–Kier alpha value is -2.21. The highest BCUT2D eigenvalue weighted by Gasteiger charge is 2.12. The van der Waals surface area contributed by atoms with Crippen LogP contribution in [0.3, 0.4) is 0 Å². The quantitative estimate of drug-likeness (QED) is 0.839. The molecule has 1 amide bonds. The SMILES string of the molecule is CCCCC(N)C(=O)Nc1ccc(-n2cccn2)nc1. The number of hydrogen-bond acceptors (Lipinski definition) is 4. The van der Waals surface area contributed by atoms with Gasteiger partial charge in [-0.15, -0.1) is 0 Å². The maximum absolute atomic E-state index is 11.9. The summed E-state index contributed by atoms with van der Waals surface area (Å²) < 4.78 is 1.65. The number of nitrogens with zero attached hydrogens (tertiary/aromatic N) is 3. The van der Waals surface area contributed by atoms with E-state index in [0.29, 0.717) is 17.9 Å². The van der Waals surface area contributed by atoms with Gasteiger partial charge in [-0.05, 0) is 24.6 Å². The number of aromatic nitrogens is 3. The lowest BCUT2D eigenvalue weighted by Crippen LogP contribution is -2.35. The molecule has 0 saturated carbocycles. The predicted octanol–water partition coefficient (Wildman–Crippen LogP) is 1.72. The van der Waals surface area contributed by atoms with Gasteiger partial charge < -0.3 is 11.1 Å². The highest BCUT2D eigenvalue weighted by Crippen LogP contribution is 2.10. The minimum atomic E-state index is -0.472. The molecule has 6 heteroatoms. The molecule has 2 heterocycles. The second-order valence-electron chi connectivity index (χ2n) is 4.59. The molecular formula is C14H19N5O. The Balaban J connectivity index is 1.95. The van der Waals surface area contributed by atoms with Gasteiger partial charge in [0.15, 0.2) is 5.82 Å². The van der Waals surface area contributed by atoms with E-state index >= 15 is 0 Å². The Bertz CT molecular complexity index is 535. The Morgan fingerprint density at radius 1 is 1.50 bits per heavy atom. The van der Waals surface area contributed by atoms with Crippen molar-refractivity contribution in [1.29, 1.82) is 0 Å². The number of carbonyl (C=O) groups is 1. The summed E-state index contributed by atoms with van der Waals surface area (Å²) >= 11 is 0. The standard InChI is InChI=1S/C14H19N5O/c1-2-3-5-12(15)14(20)18-11-6-7-13(16-10-11)19-9-4-8-17-19/h4,6-10,12H,2-3,5,15H2,1H3,(H,18,20). The predicted molar refractivity (Wildman–Crippen MR) is 77.5 cm³/mol. The van der Waals surface area contributed by atoms with E-state index in [9.17, 15) is 4.79 Å². The Kier molecular flexibility index (Phi) is 4.84. The summed E-state index contributed by atoms with van der Waals surface area (Å²) in [6.07, 6.45) is 7.76. The molecule has 0 bridgehead atoms. The zero-order valence-corrected chi connectivity index (χ0v) is 11.5. The van der Waals surface area contributed by atoms with E-state index in [1.54, 1.807) is 35.4 Å². The normalized spacial score (nSPS) is 12.1. The first-order valence-electron chi connectivity index (χ1n) is 6.73. The number of nitrogens with two attached hydrogens (primary N) is 1. The third kappa shape index (κ3) is 3.64. The monoisotopic (exact) mass is 273 g/mol. The third-order valence-electron chi connectivity index (χ3n) is 2.96. The molecule has 0 aliphatic rings. The van der Waals surface area contributed by atoms with E-state index in [1.807, 2.05) is 6.07 Å². The molecule has 0 aromatic carbocycles. The van der Waals surface area contributed by atoms with Crippen LogP contribution in [0, 0.1) is 0 Å². The summed E-state index contributed by atoms with van der Waals surface area (Å²) in [6, 6.07) is 4.93. The first-order valence-corrected chi connectivity index (χ1v) is 6.73. The number of unbranched alkanes of at least 4 members (excludes halogenated alkanes) is 1. The molecule has 1 unspecified atom stereocenters. The topological polar surface area (TPSA) is 85.8 Å². The number of carbonyl (C=O) groups excluding carboxylic acids is 1. The second-order valence-corrected chi connectivity index (χ2v) is 4.59. The van der Waals surface area contributed by atoms with Crippen molar-refractivity contribution < 1.29 is 4.79 Å². The molecule has 0 saturated heterocycles. The molecule has 20 heavy (non-hydrogen) atoms. The highest BCUT2D eigenvalue weighted by atomic mass is 16.2. The largest absolute Gasteiger partial charge is 0.323 e. The van der Waals surface area contributed by atoms with E-state index in [0.717, 1.165) is 12.8 Å². The van der Waals surface area contributed by atoms with Crippen LogP contribution in [0.4, 0.5) is 5.69 Å². The number of rotatable bonds is 6. The molecule has 2 aromatic rings. The van der Waals surface area contributed by atoms with Crippen LogP contribution in [0.1, 0.15) is 26.2 Å². The molecule has 0 fully saturated rings. The van der Waals surface area contributed by atoms with E-state index < -0.39 is 6.04 Å². The van der Waals surface area contributed by atoms with Crippen molar-refractivity contribution >= 4 is 11.6 Å². The van der Waals surface area contributed by atoms with Crippen molar-refractivity contribution in [2.24, 2.45) is 5.73 Å². The van der Waals surface area contributed by atoms with Crippen molar-refractivity contribution in [2.75, 3.05) is 5.32 Å². The van der Waals surface area contributed by atoms with Gasteiger partial charge in [-0.1, -0.05) is 19.8 Å². The molecule has 2 aromatic heterocycles. The lowest BCUT2D eigenvalue weighted by molar-refractivity contribution is -0.117. The molecule has 3 N–H and O–H groups in total. The molecule has 0 aliphatic carbocycles. The van der Waals surface area contributed by atoms with Crippen LogP contribution in [0.25, 0.3) is 5.82 Å². The molecule has 0 radical (unpaired) electrons. The number of amides is 1. The van der Waals surface area contributed by atoms with Crippen molar-refractivity contribution in [3.05, 3.63) is 36.8 Å². The van der Waals surface area contributed by atoms with Gasteiger partial charge in [-0.25, -0.2) is 9.67 Å². The summed E-state index contributed by atoms with van der Waals surface area (Å²) in [5.41, 5.74) is 6.45. The van der Waals surface area contributed by atoms with Gasteiger partial charge in [0.25, 0.3) is 0 Å². The van der Waals surface area contributed by atoms with Crippen LogP contribution >= 0.6 is 0 Å². The fraction of sp³-hybridized carbons (Fsp3) is 0.357. The maximum Gasteiger partial charge on any atom is 0.241 e. The van der Waals surface area contributed by atoms with E-state index in [-0.39, 0.29) is 5.91 Å². The van der Waals surface area contributed by atoms with E-state index in [4.69, 9.17) is 5.73 Å². The zero-order valence-electron chi connectivity index (χ0n) is 11.5. The first-order chi connectivity index (χ1) is 9.70. The van der Waals surface area contributed by atoms with Crippen molar-refractivity contribution in [3.8, 4) is 5.82 Å². The molecule has 6 nitrogen and oxygen atoms in total. The molecule has 2 rings (SSSR count). The Morgan fingerprint density at radius 2 is 2.35 bits per heavy atom. The molecule has 0 spiro atoms. The average molecular weight is 273 g/mol. The fourth-order valence-corrected chi connectivity index (χ4v) is 1.79. The highest BCUT2D eigenvalue weighted by molar-refractivity contribution is 5.94. The number of anilines is 1. The van der Waals surface area contributed by atoms with Gasteiger partial charge in [0, 0.05) is 12.4 Å². The minimum Gasteiger partial charge on any atom is -0.323 e. The fourth-order valence-electron chi connectivity index (χ4n) is 1.79. The smallest absolute Gasteiger partial charge is 0.241 e. The summed E-state index contributed by atoms with van der Waals surface area (Å²) in [4.78, 5) is 16.1. The molecule has 106 valence electrons. The van der Waals surface area contributed by atoms with E-state index in [1.165, 1.54) is 0 Å². The second kappa shape index (κ2) is 6.81. The van der Waals surface area contributed by atoms with Crippen molar-refractivity contribution in [2.45, 2.75) is 32.2 Å². The van der Waals surface area contributed by atoms with Gasteiger partial charge in [0.05, 0.1) is 17.9 Å². The van der Waals surface area contributed by atoms with Crippen LogP contribution in [0.15, 0.2) is 36.8 Å². The van der Waals surface area contributed by atoms with Crippen LogP contribution in [0.5, 0.6) is 0 Å². The summed E-state index contributed by atoms with van der Waals surface area (Å²) in [7, 11) is 0. The Labute approximate surface area is 118 Å². The zero-order chi connectivity index (χ0) is 14.4. The van der Waals surface area contributed by atoms with Crippen LogP contribution in [-0.4, -0.2) is 26.7 Å². The van der Waals surface area contributed by atoms with Gasteiger partial charge in [0.2, 0.25) is 5.91 Å². The summed E-state index contributed by atoms with van der Waals surface area (Å²) in [5.74, 6) is 0.523. The molecule has 0 aliphatic heterocycles. The molecular weight excluding hydrogens is 254 g/mol. The van der Waals surface area contributed by atoms with Crippen LogP contribution in [-0.2, 0) is 4.79 Å². The van der Waals surface area contributed by atoms with Gasteiger partial charge >= 0.3 is 0 Å². The van der Waals surface area contributed by atoms with Gasteiger partial charge in [-0.2, -0.15) is 5.10 Å². The lowest BCUT2D eigenvalue weighted by Gasteiger charge is -2.11.